The number of thiophene rings is 2. The van der Waals surface area contributed by atoms with Crippen LogP contribution < -0.4 is 11.1 Å². The quantitative estimate of drug-likeness (QED) is 0.602. The topological polar surface area (TPSA) is 60.2 Å². The second-order valence-electron chi connectivity index (χ2n) is 4.92. The predicted octanol–water partition coefficient (Wildman–Crippen LogP) is 4.83. The van der Waals surface area contributed by atoms with Crippen LogP contribution >= 0.6 is 50.1 Å². The van der Waals surface area contributed by atoms with Gasteiger partial charge in [0.05, 0.1) is 20.6 Å². The van der Waals surface area contributed by atoms with E-state index in [-0.39, 0.29) is 12.1 Å². The van der Waals surface area contributed by atoms with Crippen molar-refractivity contribution < 1.29 is 4.74 Å². The van der Waals surface area contributed by atoms with Crippen LogP contribution in [0.3, 0.4) is 0 Å². The van der Waals surface area contributed by atoms with E-state index in [2.05, 4.69) is 43.1 Å². The number of nitrogens with one attached hydrogen (secondary N) is 1. The van der Waals surface area contributed by atoms with Crippen LogP contribution in [0.25, 0.3) is 10.2 Å². The molecule has 3 rings (SSSR count). The number of halogens is 1. The smallest absolute Gasteiger partial charge is 0.127 e. The number of nitrogens with two attached hydrogens (primary N) is 1. The normalized spacial score (nSPS) is 14.4. The summed E-state index contributed by atoms with van der Waals surface area (Å²) >= 11 is 8.59. The van der Waals surface area contributed by atoms with Crippen LogP contribution in [-0.4, -0.2) is 17.5 Å². The lowest BCUT2D eigenvalue weighted by molar-refractivity contribution is 0.0878. The van der Waals surface area contributed by atoms with Crippen molar-refractivity contribution in [2.45, 2.75) is 25.6 Å². The average Bonchev–Trinajstić information content (AvgIpc) is 3.18. The van der Waals surface area contributed by atoms with Gasteiger partial charge in [-0.1, -0.05) is 6.07 Å². The van der Waals surface area contributed by atoms with E-state index in [1.807, 2.05) is 6.92 Å². The summed E-state index contributed by atoms with van der Waals surface area (Å²) in [6.07, 6.45) is -0.122. The van der Waals surface area contributed by atoms with Gasteiger partial charge in [0.2, 0.25) is 0 Å². The highest BCUT2D eigenvalue weighted by Gasteiger charge is 2.25. The number of nitrogens with zero attached hydrogens (tertiary/aromatic N) is 1. The molecule has 0 aliphatic heterocycles. The van der Waals surface area contributed by atoms with Gasteiger partial charge >= 0.3 is 0 Å². The Kier molecular flexibility index (Phi) is 5.16. The molecule has 0 fully saturated rings. The van der Waals surface area contributed by atoms with Gasteiger partial charge in [-0.2, -0.15) is 4.37 Å². The fraction of sp³-hybridized carbons (Fsp3) is 0.357. The standard InChI is InChI=1S/C14H16BrN3OS3/c1-7(16)11(19-2)12-9(15)10-13(21-12)14(22-18-10)17-6-8-4-3-5-20-8/h3-5,7,11,17H,6,16H2,1-2H3/t7-,11?/m0/s1. The lowest BCUT2D eigenvalue weighted by Gasteiger charge is -2.18. The molecule has 0 aromatic carbocycles. The predicted molar refractivity (Wildman–Crippen MR) is 100 cm³/mol. The molecule has 8 heteroatoms. The average molecular weight is 418 g/mol. The van der Waals surface area contributed by atoms with Crippen LogP contribution in [0, 0.1) is 0 Å². The summed E-state index contributed by atoms with van der Waals surface area (Å²) in [7, 11) is 1.69. The largest absolute Gasteiger partial charge is 0.374 e. The van der Waals surface area contributed by atoms with E-state index in [4.69, 9.17) is 10.5 Å². The number of ether oxygens (including phenoxy) is 1. The first-order valence-electron chi connectivity index (χ1n) is 6.74. The zero-order valence-corrected chi connectivity index (χ0v) is 16.2. The van der Waals surface area contributed by atoms with E-state index in [9.17, 15) is 0 Å². The van der Waals surface area contributed by atoms with Crippen LogP contribution in [-0.2, 0) is 11.3 Å². The number of hydrogen-bond acceptors (Lipinski definition) is 7. The Morgan fingerprint density at radius 3 is 2.95 bits per heavy atom. The highest BCUT2D eigenvalue weighted by Crippen LogP contribution is 2.45. The van der Waals surface area contributed by atoms with Gasteiger partial charge in [-0.05, 0) is 45.8 Å². The Bertz CT molecular complexity index is 751. The summed E-state index contributed by atoms with van der Waals surface area (Å²) in [5.74, 6) is 0. The highest BCUT2D eigenvalue weighted by molar-refractivity contribution is 9.10. The number of hydrogen-bond donors (Lipinski definition) is 2. The van der Waals surface area contributed by atoms with E-state index in [1.54, 1.807) is 29.8 Å². The van der Waals surface area contributed by atoms with Crippen molar-refractivity contribution in [3.8, 4) is 0 Å². The van der Waals surface area contributed by atoms with Gasteiger partial charge in [0, 0.05) is 18.0 Å². The van der Waals surface area contributed by atoms with Crippen molar-refractivity contribution >= 4 is 65.4 Å². The van der Waals surface area contributed by atoms with Gasteiger partial charge in [-0.15, -0.1) is 22.7 Å². The monoisotopic (exact) mass is 417 g/mol. The SMILES string of the molecule is COC(c1sc2c(NCc3cccs3)snc2c1Br)[C@H](C)N. The second-order valence-corrected chi connectivity index (χ2v) is 8.57. The second kappa shape index (κ2) is 6.94. The van der Waals surface area contributed by atoms with Crippen LogP contribution in [0.5, 0.6) is 0 Å². The van der Waals surface area contributed by atoms with Crippen molar-refractivity contribution in [1.29, 1.82) is 0 Å². The molecule has 0 saturated carbocycles. The van der Waals surface area contributed by atoms with Gasteiger partial charge in [0.1, 0.15) is 16.6 Å². The molecule has 0 amide bonds. The maximum absolute atomic E-state index is 6.03. The summed E-state index contributed by atoms with van der Waals surface area (Å²) in [6, 6.07) is 4.12. The number of anilines is 1. The third kappa shape index (κ3) is 3.08. The summed E-state index contributed by atoms with van der Waals surface area (Å²) in [6.45, 7) is 2.78. The third-order valence-electron chi connectivity index (χ3n) is 3.28. The minimum Gasteiger partial charge on any atom is -0.374 e. The van der Waals surface area contributed by atoms with Gasteiger partial charge in [-0.25, -0.2) is 0 Å². The molecule has 3 aromatic rings. The lowest BCUT2D eigenvalue weighted by Crippen LogP contribution is -2.25. The molecule has 0 spiro atoms. The fourth-order valence-corrected chi connectivity index (χ4v) is 6.09. The molecule has 3 aromatic heterocycles. The lowest BCUT2D eigenvalue weighted by atomic mass is 10.1. The van der Waals surface area contributed by atoms with Crippen LogP contribution in [0.4, 0.5) is 5.00 Å². The molecule has 1 unspecified atom stereocenters. The van der Waals surface area contributed by atoms with Gasteiger partial charge in [0.25, 0.3) is 0 Å². The molecule has 0 saturated heterocycles. The number of rotatable bonds is 6. The van der Waals surface area contributed by atoms with Gasteiger partial charge in [-0.3, -0.25) is 0 Å². The molecule has 0 aliphatic carbocycles. The van der Waals surface area contributed by atoms with E-state index >= 15 is 0 Å². The van der Waals surface area contributed by atoms with Crippen molar-refractivity contribution in [1.82, 2.24) is 4.37 Å². The maximum atomic E-state index is 6.03. The maximum Gasteiger partial charge on any atom is 0.127 e. The molecule has 2 atom stereocenters. The molecule has 22 heavy (non-hydrogen) atoms. The van der Waals surface area contributed by atoms with Crippen molar-refractivity contribution in [3.63, 3.8) is 0 Å². The molecular weight excluding hydrogens is 402 g/mol. The fourth-order valence-electron chi connectivity index (χ4n) is 2.22. The molecule has 0 aliphatic rings. The Hall–Kier alpha value is -0.510. The molecule has 0 radical (unpaired) electrons. The summed E-state index contributed by atoms with van der Waals surface area (Å²) < 4.78 is 12.3. The van der Waals surface area contributed by atoms with Crippen LogP contribution in [0.15, 0.2) is 22.0 Å². The van der Waals surface area contributed by atoms with E-state index in [0.717, 1.165) is 31.1 Å². The van der Waals surface area contributed by atoms with Crippen LogP contribution in [0.2, 0.25) is 0 Å². The first kappa shape index (κ1) is 16.4. The van der Waals surface area contributed by atoms with Gasteiger partial charge < -0.3 is 15.8 Å². The van der Waals surface area contributed by atoms with E-state index in [0.29, 0.717) is 0 Å². The van der Waals surface area contributed by atoms with Crippen molar-refractivity contribution in [3.05, 3.63) is 31.7 Å². The molecule has 3 heterocycles. The zero-order valence-electron chi connectivity index (χ0n) is 12.1. The van der Waals surface area contributed by atoms with E-state index < -0.39 is 0 Å². The first-order chi connectivity index (χ1) is 10.6. The Labute approximate surface area is 149 Å². The molecule has 4 nitrogen and oxygen atoms in total. The molecule has 118 valence electrons. The van der Waals surface area contributed by atoms with Crippen molar-refractivity contribution in [2.75, 3.05) is 12.4 Å². The highest BCUT2D eigenvalue weighted by atomic mass is 79.9. The van der Waals surface area contributed by atoms with Crippen LogP contribution in [0.1, 0.15) is 22.8 Å². The minimum atomic E-state index is -0.122. The zero-order chi connectivity index (χ0) is 15.7. The summed E-state index contributed by atoms with van der Waals surface area (Å²) in [5, 5.41) is 6.67. The minimum absolute atomic E-state index is 0.0738. The third-order valence-corrected chi connectivity index (χ3v) is 7.41. The molecule has 3 N–H and O–H groups in total. The number of methoxy groups -OCH3 is 1. The summed E-state index contributed by atoms with van der Waals surface area (Å²) in [5.41, 5.74) is 7.02. The summed E-state index contributed by atoms with van der Waals surface area (Å²) in [4.78, 5) is 2.41. The Balaban J connectivity index is 1.90. The van der Waals surface area contributed by atoms with Crippen molar-refractivity contribution in [2.24, 2.45) is 5.73 Å². The number of fused-ring (bicyclic) bond motifs is 1. The first-order valence-corrected chi connectivity index (χ1v) is 10.00. The molecular formula is C14H16BrN3OS3. The van der Waals surface area contributed by atoms with Gasteiger partial charge in [0.15, 0.2) is 0 Å². The molecule has 0 bridgehead atoms. The van der Waals surface area contributed by atoms with E-state index in [1.165, 1.54) is 16.4 Å². The Morgan fingerprint density at radius 1 is 1.50 bits per heavy atom. The Morgan fingerprint density at radius 2 is 2.32 bits per heavy atom. The number of aromatic nitrogens is 1.